The first kappa shape index (κ1) is 26.6. The van der Waals surface area contributed by atoms with Crippen LogP contribution in [0.2, 0.25) is 0 Å². The van der Waals surface area contributed by atoms with Crippen molar-refractivity contribution < 1.29 is 0 Å². The lowest BCUT2D eigenvalue weighted by Crippen LogP contribution is -2.05. The monoisotopic (exact) mass is 570 g/mol. The zero-order valence-electron chi connectivity index (χ0n) is 23.6. The molecule has 6 aromatic carbocycles. The molecule has 0 N–H and O–H groups in total. The van der Waals surface area contributed by atoms with Crippen molar-refractivity contribution in [3.05, 3.63) is 182 Å². The minimum Gasteiger partial charge on any atom is -0.228 e. The minimum atomic E-state index is -1.82. The van der Waals surface area contributed by atoms with E-state index in [9.17, 15) is 0 Å². The summed E-state index contributed by atoms with van der Waals surface area (Å²) in [5, 5.41) is 0. The third-order valence-electron chi connectivity index (χ3n) is 7.60. The fraction of sp³-hybridized carbons (Fsp3) is 0. The molecule has 7 rings (SSSR count). The molecule has 0 aliphatic heterocycles. The molecule has 0 unspecified atom stereocenters. The molecule has 7 aromatic rings. The second kappa shape index (κ2) is 11.9. The van der Waals surface area contributed by atoms with E-state index < -0.39 is 10.0 Å². The summed E-state index contributed by atoms with van der Waals surface area (Å²) in [5.41, 5.74) is 4.94. The van der Waals surface area contributed by atoms with Crippen molar-refractivity contribution in [2.75, 3.05) is 0 Å². The Balaban J connectivity index is 1.48. The lowest BCUT2D eigenvalue weighted by molar-refractivity contribution is 1.17. The van der Waals surface area contributed by atoms with E-state index >= 15 is 0 Å². The van der Waals surface area contributed by atoms with Crippen LogP contribution in [-0.2, 0) is 0 Å². The van der Waals surface area contributed by atoms with Gasteiger partial charge < -0.3 is 0 Å². The largest absolute Gasteiger partial charge is 0.228 e. The van der Waals surface area contributed by atoms with E-state index in [1.54, 1.807) is 0 Å². The van der Waals surface area contributed by atoms with Gasteiger partial charge in [0.15, 0.2) is 5.82 Å². The average Bonchev–Trinajstić information content (AvgIpc) is 3.11. The van der Waals surface area contributed by atoms with Gasteiger partial charge in [-0.25, -0.2) is 9.97 Å². The molecule has 0 spiro atoms. The average molecular weight is 571 g/mol. The molecule has 1 heterocycles. The van der Waals surface area contributed by atoms with Crippen molar-refractivity contribution in [1.29, 1.82) is 0 Å². The Bertz CT molecular complexity index is 1790. The maximum atomic E-state index is 5.14. The van der Waals surface area contributed by atoms with Gasteiger partial charge >= 0.3 is 0 Å². The standard InChI is InChI=1S/C40H30N2S/c1-6-17-31(18-7-1)38-30-39(32-19-8-2-9-20-32)42-40(41-38)33-21-16-28-37(29-33)43(34-22-10-3-11-23-34,35-24-12-4-13-25-35)36-26-14-5-15-27-36/h1-30H. The van der Waals surface area contributed by atoms with E-state index in [0.29, 0.717) is 5.82 Å². The molecule has 0 aliphatic carbocycles. The van der Waals surface area contributed by atoms with Gasteiger partial charge in [0.05, 0.1) is 11.4 Å². The molecular formula is C40H30N2S. The summed E-state index contributed by atoms with van der Waals surface area (Å²) >= 11 is 0. The molecule has 2 nitrogen and oxygen atoms in total. The Kier molecular flexibility index (Phi) is 7.39. The normalized spacial score (nSPS) is 11.6. The van der Waals surface area contributed by atoms with Gasteiger partial charge in [-0.2, -0.15) is 0 Å². The second-order valence-corrected chi connectivity index (χ2v) is 13.4. The van der Waals surface area contributed by atoms with Crippen molar-refractivity contribution in [2.24, 2.45) is 0 Å². The van der Waals surface area contributed by atoms with Crippen LogP contribution < -0.4 is 0 Å². The van der Waals surface area contributed by atoms with Crippen LogP contribution in [0.5, 0.6) is 0 Å². The van der Waals surface area contributed by atoms with Crippen molar-refractivity contribution in [2.45, 2.75) is 19.6 Å². The highest BCUT2D eigenvalue weighted by Gasteiger charge is 2.33. The van der Waals surface area contributed by atoms with Gasteiger partial charge in [-0.1, -0.05) is 127 Å². The summed E-state index contributed by atoms with van der Waals surface area (Å²) in [4.78, 5) is 15.4. The Labute approximate surface area is 254 Å². The van der Waals surface area contributed by atoms with E-state index in [4.69, 9.17) is 9.97 Å². The first-order chi connectivity index (χ1) is 21.3. The number of aromatic nitrogens is 2. The van der Waals surface area contributed by atoms with Gasteiger partial charge in [-0.05, 0) is 54.6 Å². The van der Waals surface area contributed by atoms with Crippen LogP contribution in [-0.4, -0.2) is 9.97 Å². The summed E-state index contributed by atoms with van der Waals surface area (Å²) in [6.45, 7) is 0. The molecule has 0 atom stereocenters. The fourth-order valence-corrected chi connectivity index (χ4v) is 9.52. The van der Waals surface area contributed by atoms with Crippen LogP contribution in [0.25, 0.3) is 33.9 Å². The SMILES string of the molecule is c1ccc(-c2cc(-c3ccccc3)nc(-c3cccc(S(c4ccccc4)(c4ccccc4)c4ccccc4)c3)n2)cc1. The summed E-state index contributed by atoms with van der Waals surface area (Å²) < 4.78 is 0. The number of rotatable bonds is 7. The smallest absolute Gasteiger partial charge is 0.160 e. The van der Waals surface area contributed by atoms with Crippen molar-refractivity contribution >= 4 is 10.0 Å². The van der Waals surface area contributed by atoms with Crippen LogP contribution in [0.3, 0.4) is 0 Å². The molecule has 0 saturated heterocycles. The van der Waals surface area contributed by atoms with Gasteiger partial charge in [-0.15, -0.1) is 10.0 Å². The second-order valence-electron chi connectivity index (χ2n) is 10.3. The van der Waals surface area contributed by atoms with Gasteiger partial charge in [0.2, 0.25) is 0 Å². The molecule has 0 fully saturated rings. The van der Waals surface area contributed by atoms with Crippen LogP contribution in [0.1, 0.15) is 0 Å². The van der Waals surface area contributed by atoms with E-state index in [1.165, 1.54) is 19.6 Å². The Morgan fingerprint density at radius 1 is 0.302 bits per heavy atom. The molecule has 0 radical (unpaired) electrons. The molecule has 0 aliphatic rings. The maximum Gasteiger partial charge on any atom is 0.160 e. The van der Waals surface area contributed by atoms with Crippen LogP contribution in [0.4, 0.5) is 0 Å². The molecular weight excluding hydrogens is 541 g/mol. The van der Waals surface area contributed by atoms with Crippen LogP contribution >= 0.6 is 10.0 Å². The van der Waals surface area contributed by atoms with Gasteiger partial charge in [-0.3, -0.25) is 0 Å². The summed E-state index contributed by atoms with van der Waals surface area (Å²) in [7, 11) is -1.82. The number of hydrogen-bond donors (Lipinski definition) is 0. The third-order valence-corrected chi connectivity index (χ3v) is 11.5. The Morgan fingerprint density at radius 2 is 0.651 bits per heavy atom. The highest BCUT2D eigenvalue weighted by molar-refractivity contribution is 8.34. The number of hydrogen-bond acceptors (Lipinski definition) is 2. The van der Waals surface area contributed by atoms with E-state index in [0.717, 1.165) is 28.1 Å². The van der Waals surface area contributed by atoms with Gasteiger partial charge in [0.1, 0.15) is 0 Å². The molecule has 3 heteroatoms. The number of benzene rings is 6. The maximum absolute atomic E-state index is 5.14. The predicted molar refractivity (Wildman–Crippen MR) is 178 cm³/mol. The van der Waals surface area contributed by atoms with Crippen LogP contribution in [0.15, 0.2) is 202 Å². The summed E-state index contributed by atoms with van der Waals surface area (Å²) in [6.07, 6.45) is 0. The summed E-state index contributed by atoms with van der Waals surface area (Å²) in [5.74, 6) is 0.713. The molecule has 1 aromatic heterocycles. The fourth-order valence-electron chi connectivity index (χ4n) is 5.61. The predicted octanol–water partition coefficient (Wildman–Crippen LogP) is 10.8. The molecule has 0 bridgehead atoms. The van der Waals surface area contributed by atoms with Crippen molar-refractivity contribution in [1.82, 2.24) is 9.97 Å². The zero-order valence-corrected chi connectivity index (χ0v) is 24.4. The Morgan fingerprint density at radius 3 is 1.07 bits per heavy atom. The lowest BCUT2D eigenvalue weighted by Gasteiger charge is -2.42. The molecule has 43 heavy (non-hydrogen) atoms. The summed E-state index contributed by atoms with van der Waals surface area (Å²) in [6, 6.07) is 64.4. The first-order valence-corrected chi connectivity index (χ1v) is 16.0. The molecule has 0 amide bonds. The van der Waals surface area contributed by atoms with Gasteiger partial charge in [0.25, 0.3) is 0 Å². The third kappa shape index (κ3) is 5.16. The van der Waals surface area contributed by atoms with Crippen molar-refractivity contribution in [3.8, 4) is 33.9 Å². The number of nitrogens with zero attached hydrogens (tertiary/aromatic N) is 2. The lowest BCUT2D eigenvalue weighted by atomic mass is 10.1. The van der Waals surface area contributed by atoms with E-state index in [1.807, 2.05) is 12.1 Å². The van der Waals surface area contributed by atoms with Crippen LogP contribution in [0, 0.1) is 0 Å². The topological polar surface area (TPSA) is 25.8 Å². The van der Waals surface area contributed by atoms with E-state index in [-0.39, 0.29) is 0 Å². The van der Waals surface area contributed by atoms with E-state index in [2.05, 4.69) is 170 Å². The quantitative estimate of drug-likeness (QED) is 0.190. The Hall–Kier alpha value is -5.25. The molecule has 206 valence electrons. The van der Waals surface area contributed by atoms with Gasteiger partial charge in [0, 0.05) is 36.3 Å². The zero-order chi connectivity index (χ0) is 28.9. The first-order valence-electron chi connectivity index (χ1n) is 14.4. The highest BCUT2D eigenvalue weighted by atomic mass is 32.3. The highest BCUT2D eigenvalue weighted by Crippen LogP contribution is 2.73. The molecule has 0 saturated carbocycles. The van der Waals surface area contributed by atoms with Crippen molar-refractivity contribution in [3.63, 3.8) is 0 Å². The minimum absolute atomic E-state index is 0.713.